The summed E-state index contributed by atoms with van der Waals surface area (Å²) in [6.45, 7) is 3.14. The van der Waals surface area contributed by atoms with Crippen molar-refractivity contribution >= 4 is 5.91 Å². The highest BCUT2D eigenvalue weighted by atomic mass is 16.2. The predicted molar refractivity (Wildman–Crippen MR) is 46.7 cm³/mol. The van der Waals surface area contributed by atoms with Crippen LogP contribution in [0.15, 0.2) is 0 Å². The van der Waals surface area contributed by atoms with Crippen LogP contribution in [-0.4, -0.2) is 36.5 Å². The van der Waals surface area contributed by atoms with Crippen molar-refractivity contribution in [3.63, 3.8) is 0 Å². The Hall–Kier alpha value is -0.570. The molecule has 1 aliphatic carbocycles. The van der Waals surface area contributed by atoms with Gasteiger partial charge in [-0.15, -0.1) is 0 Å². The molecule has 3 heteroatoms. The maximum atomic E-state index is 11.4. The third-order valence-electron chi connectivity index (χ3n) is 2.95. The van der Waals surface area contributed by atoms with E-state index >= 15 is 0 Å². The van der Waals surface area contributed by atoms with Crippen molar-refractivity contribution in [1.29, 1.82) is 0 Å². The quantitative estimate of drug-likeness (QED) is 0.639. The molecule has 1 heterocycles. The molecule has 0 aromatic carbocycles. The van der Waals surface area contributed by atoms with E-state index in [-0.39, 0.29) is 11.9 Å². The van der Waals surface area contributed by atoms with Crippen molar-refractivity contribution in [3.05, 3.63) is 0 Å². The van der Waals surface area contributed by atoms with Crippen LogP contribution in [0, 0.1) is 5.92 Å². The number of hydrogen-bond acceptors (Lipinski definition) is 2. The van der Waals surface area contributed by atoms with Gasteiger partial charge >= 0.3 is 0 Å². The van der Waals surface area contributed by atoms with Gasteiger partial charge in [-0.05, 0) is 18.8 Å². The monoisotopic (exact) mass is 168 g/mol. The van der Waals surface area contributed by atoms with Crippen molar-refractivity contribution in [1.82, 2.24) is 10.2 Å². The third-order valence-corrected chi connectivity index (χ3v) is 2.95. The molecule has 0 aromatic heterocycles. The van der Waals surface area contributed by atoms with E-state index in [1.165, 1.54) is 6.42 Å². The molecule has 3 atom stereocenters. The van der Waals surface area contributed by atoms with E-state index in [0.29, 0.717) is 6.04 Å². The van der Waals surface area contributed by atoms with E-state index in [1.54, 1.807) is 0 Å². The van der Waals surface area contributed by atoms with Crippen LogP contribution >= 0.6 is 0 Å². The number of nitrogens with one attached hydrogen (secondary N) is 1. The number of carbonyl (C=O) groups is 1. The highest BCUT2D eigenvalue weighted by Gasteiger charge is 2.38. The topological polar surface area (TPSA) is 32.3 Å². The molecule has 0 radical (unpaired) electrons. The van der Waals surface area contributed by atoms with Gasteiger partial charge in [0.25, 0.3) is 0 Å². The molecule has 0 spiro atoms. The lowest BCUT2D eigenvalue weighted by Crippen LogP contribution is -2.38. The Kier molecular flexibility index (Phi) is 1.83. The second kappa shape index (κ2) is 2.73. The van der Waals surface area contributed by atoms with E-state index in [0.717, 1.165) is 18.9 Å². The molecule has 1 N–H and O–H groups in total. The molecule has 1 aliphatic heterocycles. The summed E-state index contributed by atoms with van der Waals surface area (Å²) in [5, 5.41) is 3.39. The number of amides is 1. The molecule has 1 saturated carbocycles. The number of hydrogen-bond donors (Lipinski definition) is 1. The fraction of sp³-hybridized carbons (Fsp3) is 0.889. The van der Waals surface area contributed by atoms with Crippen LogP contribution in [0.1, 0.15) is 19.8 Å². The predicted octanol–water partition coefficient (Wildman–Crippen LogP) is 0.215. The summed E-state index contributed by atoms with van der Waals surface area (Å²) in [6.07, 6.45) is 2.23. The average molecular weight is 168 g/mol. The van der Waals surface area contributed by atoms with E-state index in [2.05, 4.69) is 12.2 Å². The number of carbonyl (C=O) groups excluding carboxylic acids is 1. The second-order valence-electron chi connectivity index (χ2n) is 4.09. The van der Waals surface area contributed by atoms with Gasteiger partial charge in [-0.2, -0.15) is 0 Å². The molecule has 1 amide bonds. The van der Waals surface area contributed by atoms with Gasteiger partial charge in [0.1, 0.15) is 0 Å². The SMILES string of the molecule is CC1CC1NC1CCN(C)C1=O. The molecule has 2 fully saturated rings. The smallest absolute Gasteiger partial charge is 0.239 e. The molecule has 12 heavy (non-hydrogen) atoms. The molecule has 3 unspecified atom stereocenters. The van der Waals surface area contributed by atoms with Gasteiger partial charge in [-0.1, -0.05) is 6.92 Å². The van der Waals surface area contributed by atoms with Crippen molar-refractivity contribution in [2.45, 2.75) is 31.8 Å². The second-order valence-corrected chi connectivity index (χ2v) is 4.09. The van der Waals surface area contributed by atoms with Crippen molar-refractivity contribution in [2.24, 2.45) is 5.92 Å². The number of likely N-dealkylation sites (N-methyl/N-ethyl adjacent to an activating group) is 1. The normalized spacial score (nSPS) is 40.7. The molecule has 3 nitrogen and oxygen atoms in total. The van der Waals surface area contributed by atoms with Crippen LogP contribution in [0.4, 0.5) is 0 Å². The molecule has 0 aromatic rings. The van der Waals surface area contributed by atoms with Crippen LogP contribution < -0.4 is 5.32 Å². The van der Waals surface area contributed by atoms with Crippen LogP contribution in [0.3, 0.4) is 0 Å². The van der Waals surface area contributed by atoms with E-state index in [1.807, 2.05) is 11.9 Å². The molecule has 68 valence electrons. The molecular weight excluding hydrogens is 152 g/mol. The van der Waals surface area contributed by atoms with E-state index < -0.39 is 0 Å². The van der Waals surface area contributed by atoms with Gasteiger partial charge < -0.3 is 10.2 Å². The summed E-state index contributed by atoms with van der Waals surface area (Å²) in [5.41, 5.74) is 0. The highest BCUT2D eigenvalue weighted by molar-refractivity contribution is 5.83. The number of likely N-dealkylation sites (tertiary alicyclic amines) is 1. The highest BCUT2D eigenvalue weighted by Crippen LogP contribution is 2.30. The van der Waals surface area contributed by atoms with Gasteiger partial charge in [-0.25, -0.2) is 0 Å². The Morgan fingerprint density at radius 1 is 1.58 bits per heavy atom. The number of rotatable bonds is 2. The summed E-state index contributed by atoms with van der Waals surface area (Å²) in [6, 6.07) is 0.732. The van der Waals surface area contributed by atoms with Crippen molar-refractivity contribution < 1.29 is 4.79 Å². The average Bonchev–Trinajstić information content (AvgIpc) is 2.64. The third kappa shape index (κ3) is 1.33. The molecule has 0 bridgehead atoms. The first kappa shape index (κ1) is 8.05. The van der Waals surface area contributed by atoms with Crippen molar-refractivity contribution in [2.75, 3.05) is 13.6 Å². The first-order chi connectivity index (χ1) is 5.68. The summed E-state index contributed by atoms with van der Waals surface area (Å²) in [5.74, 6) is 1.05. The summed E-state index contributed by atoms with van der Waals surface area (Å²) in [4.78, 5) is 13.2. The largest absolute Gasteiger partial charge is 0.344 e. The fourth-order valence-corrected chi connectivity index (χ4v) is 1.79. The molecule has 2 rings (SSSR count). The minimum atomic E-state index is 0.116. The Labute approximate surface area is 73.1 Å². The first-order valence-corrected chi connectivity index (χ1v) is 4.69. The lowest BCUT2D eigenvalue weighted by Gasteiger charge is -2.11. The Morgan fingerprint density at radius 2 is 2.25 bits per heavy atom. The lowest BCUT2D eigenvalue weighted by atomic mass is 10.2. The standard InChI is InChI=1S/C9H16N2O/c1-6-5-8(6)10-7-3-4-11(2)9(7)12/h6-8,10H,3-5H2,1-2H3. The van der Waals surface area contributed by atoms with Crippen LogP contribution in [-0.2, 0) is 4.79 Å². The lowest BCUT2D eigenvalue weighted by molar-refractivity contribution is -0.128. The maximum absolute atomic E-state index is 11.4. The van der Waals surface area contributed by atoms with Gasteiger partial charge in [-0.3, -0.25) is 4.79 Å². The zero-order chi connectivity index (χ0) is 8.72. The van der Waals surface area contributed by atoms with E-state index in [9.17, 15) is 4.79 Å². The van der Waals surface area contributed by atoms with Gasteiger partial charge in [0.15, 0.2) is 0 Å². The molecule has 1 saturated heterocycles. The first-order valence-electron chi connectivity index (χ1n) is 4.69. The maximum Gasteiger partial charge on any atom is 0.239 e. The Balaban J connectivity index is 1.85. The summed E-state index contributed by atoms with van der Waals surface area (Å²) >= 11 is 0. The molecular formula is C9H16N2O. The number of nitrogens with zero attached hydrogens (tertiary/aromatic N) is 1. The van der Waals surface area contributed by atoms with Gasteiger partial charge in [0.2, 0.25) is 5.91 Å². The summed E-state index contributed by atoms with van der Waals surface area (Å²) < 4.78 is 0. The van der Waals surface area contributed by atoms with Crippen LogP contribution in [0.5, 0.6) is 0 Å². The zero-order valence-corrected chi connectivity index (χ0v) is 7.71. The Morgan fingerprint density at radius 3 is 2.67 bits per heavy atom. The van der Waals surface area contributed by atoms with Crippen LogP contribution in [0.25, 0.3) is 0 Å². The van der Waals surface area contributed by atoms with Gasteiger partial charge in [0, 0.05) is 19.6 Å². The van der Waals surface area contributed by atoms with E-state index in [4.69, 9.17) is 0 Å². The van der Waals surface area contributed by atoms with Gasteiger partial charge in [0.05, 0.1) is 6.04 Å². The fourth-order valence-electron chi connectivity index (χ4n) is 1.79. The molecule has 2 aliphatic rings. The zero-order valence-electron chi connectivity index (χ0n) is 7.71. The minimum absolute atomic E-state index is 0.116. The summed E-state index contributed by atoms with van der Waals surface area (Å²) in [7, 11) is 1.88. The van der Waals surface area contributed by atoms with Crippen LogP contribution in [0.2, 0.25) is 0 Å². The minimum Gasteiger partial charge on any atom is -0.344 e. The van der Waals surface area contributed by atoms with Crippen molar-refractivity contribution in [3.8, 4) is 0 Å². The Bertz CT molecular complexity index is 205.